The van der Waals surface area contributed by atoms with Crippen LogP contribution in [0.25, 0.3) is 0 Å². The van der Waals surface area contributed by atoms with Gasteiger partial charge in [-0.05, 0) is 30.6 Å². The molecule has 0 N–H and O–H groups in total. The van der Waals surface area contributed by atoms with E-state index in [0.29, 0.717) is 0 Å². The molecule has 0 nitrogen and oxygen atoms in total. The lowest BCUT2D eigenvalue weighted by atomic mass is 9.92. The van der Waals surface area contributed by atoms with Gasteiger partial charge in [0.25, 0.3) is 0 Å². The van der Waals surface area contributed by atoms with E-state index in [2.05, 4.69) is 31.2 Å². The van der Waals surface area contributed by atoms with Crippen molar-refractivity contribution in [1.29, 1.82) is 0 Å². The summed E-state index contributed by atoms with van der Waals surface area (Å²) < 4.78 is 0. The third-order valence-corrected chi connectivity index (χ3v) is 5.05. The number of hydrogen-bond donors (Lipinski definition) is 0. The molecule has 2 aliphatic rings. The van der Waals surface area contributed by atoms with E-state index in [0.717, 1.165) is 17.8 Å². The molecule has 0 aliphatic heterocycles. The van der Waals surface area contributed by atoms with E-state index >= 15 is 0 Å². The Morgan fingerprint density at radius 2 is 1.26 bits per heavy atom. The van der Waals surface area contributed by atoms with Crippen molar-refractivity contribution in [3.05, 3.63) is 24.3 Å². The molecule has 19 heavy (non-hydrogen) atoms. The molecule has 2 unspecified atom stereocenters. The average Bonchev–Trinajstić information content (AvgIpc) is 2.84. The monoisotopic (exact) mass is 260 g/mol. The molecule has 108 valence electrons. The molecule has 0 spiro atoms. The Bertz CT molecular complexity index is 266. The number of hydrogen-bond acceptors (Lipinski definition) is 0. The molecular formula is C19H32. The van der Waals surface area contributed by atoms with Gasteiger partial charge in [-0.1, -0.05) is 89.0 Å². The van der Waals surface area contributed by atoms with Gasteiger partial charge in [-0.25, -0.2) is 0 Å². The number of rotatable bonds is 9. The second-order valence-electron chi connectivity index (χ2n) is 6.70. The van der Waals surface area contributed by atoms with Gasteiger partial charge in [0.05, 0.1) is 0 Å². The lowest BCUT2D eigenvalue weighted by Gasteiger charge is -2.13. The minimum Gasteiger partial charge on any atom is -0.0808 e. The summed E-state index contributed by atoms with van der Waals surface area (Å²) in [4.78, 5) is 0. The quantitative estimate of drug-likeness (QED) is 0.428. The van der Waals surface area contributed by atoms with Gasteiger partial charge in [-0.3, -0.25) is 0 Å². The van der Waals surface area contributed by atoms with E-state index in [1.165, 1.54) is 70.6 Å². The number of unbranched alkanes of at least 4 members (excludes halogenated alkanes) is 7. The number of fused-ring (bicyclic) bond motifs is 1. The van der Waals surface area contributed by atoms with Crippen LogP contribution in [-0.4, -0.2) is 0 Å². The van der Waals surface area contributed by atoms with Crippen LogP contribution in [-0.2, 0) is 0 Å². The Kier molecular flexibility index (Phi) is 6.74. The van der Waals surface area contributed by atoms with E-state index in [-0.39, 0.29) is 0 Å². The van der Waals surface area contributed by atoms with E-state index in [4.69, 9.17) is 0 Å². The molecule has 0 amide bonds. The second-order valence-corrected chi connectivity index (χ2v) is 6.70. The molecule has 1 fully saturated rings. The maximum Gasteiger partial charge on any atom is -0.0165 e. The summed E-state index contributed by atoms with van der Waals surface area (Å²) in [6.45, 7) is 2.30. The lowest BCUT2D eigenvalue weighted by molar-refractivity contribution is 0.450. The zero-order valence-corrected chi connectivity index (χ0v) is 12.8. The fourth-order valence-corrected chi connectivity index (χ4v) is 3.87. The summed E-state index contributed by atoms with van der Waals surface area (Å²) in [6, 6.07) is 0. The Morgan fingerprint density at radius 3 is 1.84 bits per heavy atom. The first kappa shape index (κ1) is 14.9. The van der Waals surface area contributed by atoms with Crippen molar-refractivity contribution < 1.29 is 0 Å². The Morgan fingerprint density at radius 1 is 0.737 bits per heavy atom. The maximum absolute atomic E-state index is 2.44. The minimum absolute atomic E-state index is 0.879. The fourth-order valence-electron chi connectivity index (χ4n) is 3.87. The SMILES string of the molecule is CCCCCCCCCCC1CC2C=CC=CC2C1. The van der Waals surface area contributed by atoms with Gasteiger partial charge in [0.15, 0.2) is 0 Å². The van der Waals surface area contributed by atoms with Crippen LogP contribution < -0.4 is 0 Å². The van der Waals surface area contributed by atoms with Gasteiger partial charge in [0.2, 0.25) is 0 Å². The van der Waals surface area contributed by atoms with Crippen LogP contribution >= 0.6 is 0 Å². The maximum atomic E-state index is 2.44. The van der Waals surface area contributed by atoms with E-state index in [9.17, 15) is 0 Å². The molecule has 0 bridgehead atoms. The van der Waals surface area contributed by atoms with Crippen molar-refractivity contribution in [2.45, 2.75) is 77.6 Å². The van der Waals surface area contributed by atoms with Crippen molar-refractivity contribution in [3.8, 4) is 0 Å². The van der Waals surface area contributed by atoms with Crippen LogP contribution in [0.2, 0.25) is 0 Å². The highest BCUT2D eigenvalue weighted by Gasteiger charge is 2.31. The van der Waals surface area contributed by atoms with Crippen molar-refractivity contribution in [2.75, 3.05) is 0 Å². The van der Waals surface area contributed by atoms with Gasteiger partial charge in [0.1, 0.15) is 0 Å². The van der Waals surface area contributed by atoms with Crippen LogP contribution in [0.5, 0.6) is 0 Å². The normalized spacial score (nSPS) is 28.8. The third kappa shape index (κ3) is 5.16. The molecule has 0 aromatic carbocycles. The predicted molar refractivity (Wildman–Crippen MR) is 85.2 cm³/mol. The van der Waals surface area contributed by atoms with Crippen LogP contribution in [0.1, 0.15) is 77.6 Å². The molecule has 2 atom stereocenters. The summed E-state index contributed by atoms with van der Waals surface area (Å²) in [5.74, 6) is 2.77. The van der Waals surface area contributed by atoms with Crippen LogP contribution in [0.15, 0.2) is 24.3 Å². The molecule has 0 aromatic heterocycles. The standard InChI is InChI=1S/C19H32/c1-2-3-4-5-6-7-8-9-12-17-15-18-13-10-11-14-19(18)16-17/h10-11,13-14,17-19H,2-9,12,15-16H2,1H3. The van der Waals surface area contributed by atoms with E-state index in [1.807, 2.05) is 0 Å². The molecule has 2 rings (SSSR count). The molecular weight excluding hydrogens is 228 g/mol. The summed E-state index contributed by atoms with van der Waals surface area (Å²) in [5.41, 5.74) is 0. The van der Waals surface area contributed by atoms with Crippen LogP contribution in [0.4, 0.5) is 0 Å². The zero-order valence-electron chi connectivity index (χ0n) is 12.8. The van der Waals surface area contributed by atoms with Gasteiger partial charge in [0, 0.05) is 0 Å². The van der Waals surface area contributed by atoms with E-state index < -0.39 is 0 Å². The third-order valence-electron chi connectivity index (χ3n) is 5.05. The molecule has 0 radical (unpaired) electrons. The summed E-state index contributed by atoms with van der Waals surface area (Å²) in [7, 11) is 0. The first-order valence-electron chi connectivity index (χ1n) is 8.75. The van der Waals surface area contributed by atoms with Crippen LogP contribution in [0, 0.1) is 17.8 Å². The first-order chi connectivity index (χ1) is 9.40. The lowest BCUT2D eigenvalue weighted by Crippen LogP contribution is -2.03. The van der Waals surface area contributed by atoms with Crippen molar-refractivity contribution in [1.82, 2.24) is 0 Å². The topological polar surface area (TPSA) is 0 Å². The smallest absolute Gasteiger partial charge is 0.0165 e. The molecule has 2 aliphatic carbocycles. The second kappa shape index (κ2) is 8.61. The highest BCUT2D eigenvalue weighted by atomic mass is 14.4. The molecule has 0 aromatic rings. The van der Waals surface area contributed by atoms with Gasteiger partial charge < -0.3 is 0 Å². The largest absolute Gasteiger partial charge is 0.0808 e. The fraction of sp³-hybridized carbons (Fsp3) is 0.789. The molecule has 0 heterocycles. The predicted octanol–water partition coefficient (Wildman–Crippen LogP) is 6.29. The highest BCUT2D eigenvalue weighted by Crippen LogP contribution is 2.41. The summed E-state index contributed by atoms with van der Waals surface area (Å²) in [5, 5.41) is 0. The average molecular weight is 260 g/mol. The Balaban J connectivity index is 1.46. The number of allylic oxidation sites excluding steroid dienone is 4. The minimum atomic E-state index is 0.879. The summed E-state index contributed by atoms with van der Waals surface area (Å²) in [6.07, 6.45) is 25.4. The van der Waals surface area contributed by atoms with Gasteiger partial charge in [-0.15, -0.1) is 0 Å². The Labute approximate surface area is 120 Å². The molecule has 0 saturated heterocycles. The zero-order chi connectivity index (χ0) is 13.3. The van der Waals surface area contributed by atoms with Gasteiger partial charge in [-0.2, -0.15) is 0 Å². The summed E-state index contributed by atoms with van der Waals surface area (Å²) >= 11 is 0. The first-order valence-corrected chi connectivity index (χ1v) is 8.75. The molecule has 0 heteroatoms. The van der Waals surface area contributed by atoms with E-state index in [1.54, 1.807) is 0 Å². The van der Waals surface area contributed by atoms with Crippen molar-refractivity contribution in [2.24, 2.45) is 17.8 Å². The van der Waals surface area contributed by atoms with Crippen molar-refractivity contribution in [3.63, 3.8) is 0 Å². The van der Waals surface area contributed by atoms with Gasteiger partial charge >= 0.3 is 0 Å². The van der Waals surface area contributed by atoms with Crippen molar-refractivity contribution >= 4 is 0 Å². The van der Waals surface area contributed by atoms with Crippen LogP contribution in [0.3, 0.4) is 0 Å². The Hall–Kier alpha value is -0.520. The molecule has 1 saturated carbocycles. The highest BCUT2D eigenvalue weighted by molar-refractivity contribution is 5.16.